The topological polar surface area (TPSA) is 6.25 Å². The number of rotatable bonds is 3. The third-order valence-corrected chi connectivity index (χ3v) is 8.04. The first kappa shape index (κ1) is 20.1. The molecule has 2 aliphatic carbocycles. The lowest BCUT2D eigenvalue weighted by Crippen LogP contribution is -2.38. The highest BCUT2D eigenvalue weighted by Crippen LogP contribution is 2.50. The van der Waals surface area contributed by atoms with Gasteiger partial charge in [0.05, 0.1) is 6.42 Å². The second-order valence-corrected chi connectivity index (χ2v) is 10.2. The molecule has 3 heteroatoms. The Bertz CT molecular complexity index is 1210. The second-order valence-electron chi connectivity index (χ2n) is 9.97. The molecule has 0 radical (unpaired) electrons. The molecule has 2 saturated heterocycles. The van der Waals surface area contributed by atoms with Crippen molar-refractivity contribution < 1.29 is 4.58 Å². The van der Waals surface area contributed by atoms with Gasteiger partial charge in [-0.1, -0.05) is 44.2 Å². The lowest BCUT2D eigenvalue weighted by molar-refractivity contribution is -0.582. The van der Waals surface area contributed by atoms with Crippen molar-refractivity contribution in [2.75, 3.05) is 31.1 Å². The van der Waals surface area contributed by atoms with Crippen LogP contribution in [-0.4, -0.2) is 36.5 Å². The Morgan fingerprint density at radius 3 is 2.38 bits per heavy atom. The number of hydrogen-bond donors (Lipinski definition) is 0. The van der Waals surface area contributed by atoms with Crippen LogP contribution in [0.1, 0.15) is 48.9 Å². The molecule has 2 heterocycles. The fourth-order valence-electron chi connectivity index (χ4n) is 5.44. The highest BCUT2D eigenvalue weighted by molar-refractivity contribution is 6.17. The first-order chi connectivity index (χ1) is 15.6. The average molecular weight is 442 g/mol. The van der Waals surface area contributed by atoms with Gasteiger partial charge in [-0.05, 0) is 63.6 Å². The Kier molecular flexibility index (Phi) is 4.69. The normalized spacial score (nSPS) is 21.0. The molecule has 32 heavy (non-hydrogen) atoms. The third kappa shape index (κ3) is 3.03. The molecule has 4 aliphatic rings. The van der Waals surface area contributed by atoms with Crippen molar-refractivity contribution in [1.82, 2.24) is 0 Å². The number of fused-ring (bicyclic) bond motifs is 2. The molecular weight excluding hydrogens is 412 g/mol. The smallest absolute Gasteiger partial charge is 0.200 e. The Labute approximate surface area is 196 Å². The van der Waals surface area contributed by atoms with E-state index in [4.69, 9.17) is 11.6 Å². The van der Waals surface area contributed by atoms with E-state index in [0.29, 0.717) is 5.88 Å². The van der Waals surface area contributed by atoms with Gasteiger partial charge >= 0.3 is 0 Å². The molecule has 0 saturated carbocycles. The summed E-state index contributed by atoms with van der Waals surface area (Å²) in [5, 5.41) is 0. The van der Waals surface area contributed by atoms with Gasteiger partial charge in [0, 0.05) is 42.2 Å². The molecule has 6 rings (SSSR count). The quantitative estimate of drug-likeness (QED) is 0.413. The number of nitrogens with zero attached hydrogens (tertiary/aromatic N) is 2. The Balaban J connectivity index is 1.59. The number of allylic oxidation sites excluding steroid dienone is 5. The summed E-state index contributed by atoms with van der Waals surface area (Å²) in [6.07, 6.45) is 9.74. The van der Waals surface area contributed by atoms with E-state index < -0.39 is 0 Å². The van der Waals surface area contributed by atoms with Gasteiger partial charge in [-0.3, -0.25) is 0 Å². The molecule has 2 aromatic rings. The fourth-order valence-corrected chi connectivity index (χ4v) is 5.62. The zero-order valence-electron chi connectivity index (χ0n) is 19.0. The minimum absolute atomic E-state index is 0.0496. The highest BCUT2D eigenvalue weighted by atomic mass is 35.5. The van der Waals surface area contributed by atoms with Gasteiger partial charge in [0.2, 0.25) is 0 Å². The van der Waals surface area contributed by atoms with Crippen molar-refractivity contribution in [2.45, 2.75) is 38.0 Å². The molecule has 0 N–H and O–H groups in total. The molecule has 0 bridgehead atoms. The summed E-state index contributed by atoms with van der Waals surface area (Å²) in [7, 11) is 0. The van der Waals surface area contributed by atoms with Crippen molar-refractivity contribution in [3.8, 4) is 0 Å². The van der Waals surface area contributed by atoms with Gasteiger partial charge in [-0.2, -0.15) is 0 Å². The van der Waals surface area contributed by atoms with Crippen LogP contribution < -0.4 is 4.90 Å². The maximum Gasteiger partial charge on any atom is 0.200 e. The fraction of sp³-hybridized carbons (Fsp3) is 0.345. The summed E-state index contributed by atoms with van der Waals surface area (Å²) in [6, 6.07) is 16.0. The lowest BCUT2D eigenvalue weighted by Gasteiger charge is -2.41. The number of alkyl halides is 1. The monoisotopic (exact) mass is 441 g/mol. The van der Waals surface area contributed by atoms with Crippen LogP contribution in [0.2, 0.25) is 0 Å². The SMILES string of the molecule is CC1(C)C2=CC(=[N+]3CCC3)C=CC2=C(c2ccc(CCl)cc2)c2ccc(N3CCC3)cc21. The van der Waals surface area contributed by atoms with Crippen LogP contribution in [0.25, 0.3) is 5.57 Å². The summed E-state index contributed by atoms with van der Waals surface area (Å²) in [6.45, 7) is 9.49. The van der Waals surface area contributed by atoms with E-state index >= 15 is 0 Å². The molecule has 2 aromatic carbocycles. The van der Waals surface area contributed by atoms with Crippen LogP contribution in [0.15, 0.2) is 71.8 Å². The van der Waals surface area contributed by atoms with Crippen molar-refractivity contribution >= 4 is 28.6 Å². The molecule has 0 atom stereocenters. The predicted octanol–water partition coefficient (Wildman–Crippen LogP) is 6.08. The Morgan fingerprint density at radius 2 is 1.75 bits per heavy atom. The molecule has 2 fully saturated rings. The number of halogens is 1. The largest absolute Gasteiger partial charge is 0.371 e. The molecule has 0 unspecified atom stereocenters. The van der Waals surface area contributed by atoms with E-state index in [9.17, 15) is 0 Å². The second kappa shape index (κ2) is 7.49. The summed E-state index contributed by atoms with van der Waals surface area (Å²) in [5.74, 6) is 0.550. The standard InChI is InChI=1S/C29H30ClN2/c1-29(2)26-17-22(31-13-3-14-31)9-11-24(26)28(21-7-5-20(19-30)6-8-21)25-12-10-23(18-27(25)29)32-15-4-16-32/h5-12,17-18H,3-4,13-16,19H2,1-2H3/q+1. The van der Waals surface area contributed by atoms with Gasteiger partial charge in [0.25, 0.3) is 0 Å². The molecule has 162 valence electrons. The van der Waals surface area contributed by atoms with E-state index in [1.165, 1.54) is 83.8 Å². The van der Waals surface area contributed by atoms with Gasteiger partial charge < -0.3 is 4.90 Å². The minimum atomic E-state index is -0.0496. The lowest BCUT2D eigenvalue weighted by atomic mass is 9.64. The number of hydrogen-bond acceptors (Lipinski definition) is 1. The number of anilines is 1. The molecule has 0 aromatic heterocycles. The highest BCUT2D eigenvalue weighted by Gasteiger charge is 2.39. The maximum absolute atomic E-state index is 6.08. The molecule has 0 amide bonds. The minimum Gasteiger partial charge on any atom is -0.371 e. The van der Waals surface area contributed by atoms with Crippen molar-refractivity contribution in [3.05, 3.63) is 94.1 Å². The Hall–Kier alpha value is -2.58. The third-order valence-electron chi connectivity index (χ3n) is 7.73. The van der Waals surface area contributed by atoms with Crippen LogP contribution in [0, 0.1) is 0 Å². The van der Waals surface area contributed by atoms with Gasteiger partial charge in [-0.15, -0.1) is 11.6 Å². The predicted molar refractivity (Wildman–Crippen MR) is 135 cm³/mol. The van der Waals surface area contributed by atoms with Gasteiger partial charge in [-0.25, -0.2) is 4.58 Å². The van der Waals surface area contributed by atoms with Crippen LogP contribution in [-0.2, 0) is 11.3 Å². The molecular formula is C29H30ClN2+. The summed E-state index contributed by atoms with van der Waals surface area (Å²) >= 11 is 6.08. The van der Waals surface area contributed by atoms with Gasteiger partial charge in [0.15, 0.2) is 5.71 Å². The molecule has 0 spiro atoms. The van der Waals surface area contributed by atoms with Crippen LogP contribution in [0.3, 0.4) is 0 Å². The molecule has 2 nitrogen and oxygen atoms in total. The zero-order valence-corrected chi connectivity index (χ0v) is 19.8. The molecule has 2 aliphatic heterocycles. The van der Waals surface area contributed by atoms with E-state index in [2.05, 4.69) is 84.0 Å². The van der Waals surface area contributed by atoms with Crippen LogP contribution in [0.5, 0.6) is 0 Å². The van der Waals surface area contributed by atoms with Crippen LogP contribution in [0.4, 0.5) is 5.69 Å². The Morgan fingerprint density at radius 1 is 0.969 bits per heavy atom. The average Bonchev–Trinajstić information content (AvgIpc) is 2.73. The van der Waals surface area contributed by atoms with E-state index in [-0.39, 0.29) is 5.41 Å². The summed E-state index contributed by atoms with van der Waals surface area (Å²) in [5.41, 5.74) is 12.1. The van der Waals surface area contributed by atoms with Crippen molar-refractivity contribution in [2.24, 2.45) is 0 Å². The van der Waals surface area contributed by atoms with Crippen LogP contribution >= 0.6 is 11.6 Å². The zero-order chi connectivity index (χ0) is 21.9. The maximum atomic E-state index is 6.08. The van der Waals surface area contributed by atoms with Crippen molar-refractivity contribution in [1.29, 1.82) is 0 Å². The van der Waals surface area contributed by atoms with Gasteiger partial charge in [0.1, 0.15) is 13.1 Å². The summed E-state index contributed by atoms with van der Waals surface area (Å²) < 4.78 is 2.50. The first-order valence-corrected chi connectivity index (χ1v) is 12.4. The van der Waals surface area contributed by atoms with E-state index in [0.717, 1.165) is 5.56 Å². The number of benzene rings is 2. The van der Waals surface area contributed by atoms with E-state index in [1.807, 2.05) is 0 Å². The van der Waals surface area contributed by atoms with Crippen molar-refractivity contribution in [3.63, 3.8) is 0 Å². The first-order valence-electron chi connectivity index (χ1n) is 11.9. The van der Waals surface area contributed by atoms with E-state index in [1.54, 1.807) is 0 Å². The summed E-state index contributed by atoms with van der Waals surface area (Å²) in [4.78, 5) is 2.50.